The molecule has 2 aliphatic carbocycles. The van der Waals surface area contributed by atoms with Crippen molar-refractivity contribution in [2.75, 3.05) is 13.6 Å². The summed E-state index contributed by atoms with van der Waals surface area (Å²) in [4.78, 5) is 14.9. The molecule has 2 aromatic carbocycles. The zero-order valence-electron chi connectivity index (χ0n) is 17.1. The highest BCUT2D eigenvalue weighted by atomic mass is 16.3. The summed E-state index contributed by atoms with van der Waals surface area (Å²) < 4.78 is 0. The fourth-order valence-electron chi connectivity index (χ4n) is 6.19. The number of aromatic hydroxyl groups is 1. The number of hydrogen-bond donors (Lipinski definition) is 4. The van der Waals surface area contributed by atoms with Gasteiger partial charge < -0.3 is 25.5 Å². The van der Waals surface area contributed by atoms with E-state index in [2.05, 4.69) is 10.2 Å². The van der Waals surface area contributed by atoms with Crippen molar-refractivity contribution in [3.8, 4) is 5.75 Å². The molecule has 2 bridgehead atoms. The van der Waals surface area contributed by atoms with Crippen LogP contribution in [0.1, 0.15) is 40.7 Å². The van der Waals surface area contributed by atoms with Crippen molar-refractivity contribution in [2.24, 2.45) is 0 Å². The minimum atomic E-state index is -1.10. The molecule has 6 heteroatoms. The van der Waals surface area contributed by atoms with Crippen molar-refractivity contribution >= 4 is 5.91 Å². The molecule has 2 fully saturated rings. The number of carbonyl (C=O) groups excluding carboxylic acids is 1. The van der Waals surface area contributed by atoms with Gasteiger partial charge in [0, 0.05) is 23.4 Å². The summed E-state index contributed by atoms with van der Waals surface area (Å²) >= 11 is 0. The van der Waals surface area contributed by atoms with Gasteiger partial charge in [0.2, 0.25) is 0 Å². The summed E-state index contributed by atoms with van der Waals surface area (Å²) in [6.07, 6.45) is 1.22. The van der Waals surface area contributed by atoms with E-state index in [1.165, 1.54) is 0 Å². The van der Waals surface area contributed by atoms with Crippen LogP contribution in [0.2, 0.25) is 0 Å². The number of benzene rings is 2. The number of likely N-dealkylation sites (N-methyl/N-ethyl adjacent to an activating group) is 1. The van der Waals surface area contributed by atoms with Gasteiger partial charge >= 0.3 is 0 Å². The molecule has 0 radical (unpaired) electrons. The summed E-state index contributed by atoms with van der Waals surface area (Å²) in [7, 11) is 2.03. The van der Waals surface area contributed by atoms with Gasteiger partial charge in [-0.05, 0) is 68.2 Å². The third-order valence-corrected chi connectivity index (χ3v) is 7.73. The normalized spacial score (nSPS) is 35.2. The Hall–Kier alpha value is -2.41. The Balaban J connectivity index is 1.52. The van der Waals surface area contributed by atoms with Gasteiger partial charge in [-0.2, -0.15) is 0 Å². The van der Waals surface area contributed by atoms with Crippen molar-refractivity contribution in [1.82, 2.24) is 10.2 Å². The molecule has 2 aromatic rings. The number of rotatable bonds is 2. The van der Waals surface area contributed by atoms with E-state index in [-0.39, 0.29) is 24.1 Å². The van der Waals surface area contributed by atoms with E-state index < -0.39 is 23.2 Å². The number of likely N-dealkylation sites (tertiary alicyclic amines) is 1. The lowest BCUT2D eigenvalue weighted by Gasteiger charge is -2.65. The lowest BCUT2D eigenvalue weighted by atomic mass is 9.48. The quantitative estimate of drug-likeness (QED) is 0.606. The number of nitrogens with one attached hydrogen (secondary N) is 1. The Morgan fingerprint density at radius 3 is 2.70 bits per heavy atom. The first-order valence-corrected chi connectivity index (χ1v) is 10.6. The zero-order chi connectivity index (χ0) is 21.1. The number of fused-ring (bicyclic) bond motifs is 1. The summed E-state index contributed by atoms with van der Waals surface area (Å²) in [6, 6.07) is 13.7. The number of hydrogen-bond acceptors (Lipinski definition) is 5. The predicted molar refractivity (Wildman–Crippen MR) is 112 cm³/mol. The van der Waals surface area contributed by atoms with Crippen LogP contribution in [-0.2, 0) is 11.8 Å². The fourth-order valence-corrected chi connectivity index (χ4v) is 6.19. The number of amides is 1. The summed E-state index contributed by atoms with van der Waals surface area (Å²) in [5, 5.41) is 36.4. The molecule has 1 saturated heterocycles. The van der Waals surface area contributed by atoms with Crippen LogP contribution >= 0.6 is 0 Å². The molecule has 5 rings (SSSR count). The second-order valence-electron chi connectivity index (χ2n) is 9.22. The van der Waals surface area contributed by atoms with E-state index in [4.69, 9.17) is 0 Å². The first-order chi connectivity index (χ1) is 14.3. The van der Waals surface area contributed by atoms with Gasteiger partial charge in [-0.15, -0.1) is 0 Å². The minimum Gasteiger partial charge on any atom is -0.508 e. The lowest BCUT2D eigenvalue weighted by molar-refractivity contribution is -0.184. The van der Waals surface area contributed by atoms with Crippen LogP contribution in [-0.4, -0.2) is 63.5 Å². The van der Waals surface area contributed by atoms with E-state index in [1.807, 2.05) is 19.2 Å². The van der Waals surface area contributed by atoms with Crippen molar-refractivity contribution in [2.45, 2.75) is 54.9 Å². The lowest BCUT2D eigenvalue weighted by Crippen LogP contribution is -2.76. The third-order valence-electron chi connectivity index (χ3n) is 7.73. The second kappa shape index (κ2) is 6.80. The molecular formula is C24H28N2O4. The van der Waals surface area contributed by atoms with Crippen LogP contribution in [0.15, 0.2) is 48.5 Å². The molecule has 0 aromatic heterocycles. The van der Waals surface area contributed by atoms with Gasteiger partial charge in [0.1, 0.15) is 5.75 Å². The Kier molecular flexibility index (Phi) is 4.43. The molecular weight excluding hydrogens is 380 g/mol. The summed E-state index contributed by atoms with van der Waals surface area (Å²) in [6.45, 7) is 0.815. The molecule has 30 heavy (non-hydrogen) atoms. The molecule has 0 spiro atoms. The van der Waals surface area contributed by atoms with Crippen LogP contribution < -0.4 is 5.32 Å². The highest BCUT2D eigenvalue weighted by molar-refractivity contribution is 5.94. The largest absolute Gasteiger partial charge is 0.508 e. The van der Waals surface area contributed by atoms with E-state index in [0.717, 1.165) is 17.7 Å². The summed E-state index contributed by atoms with van der Waals surface area (Å²) in [5.74, 6) is -0.0663. The molecule has 0 unspecified atom stereocenters. The molecule has 3 aliphatic rings. The average Bonchev–Trinajstić information content (AvgIpc) is 2.73. The topological polar surface area (TPSA) is 93.0 Å². The number of phenolic OH excluding ortho intramolecular Hbond substituents is 1. The standard InChI is InChI=1S/C24H28N2O4/c1-26-10-9-23-14-20(28)19(25-22(29)15-5-3-2-4-6-15)13-24(23,30)21(26)11-16-7-8-17(27)12-18(16)23/h2-8,12,19-21,27-28,30H,9-11,13-14H2,1H3,(H,25,29)/t19-,20+,21+,23+,24+/m0/s1. The second-order valence-corrected chi connectivity index (χ2v) is 9.22. The number of nitrogens with zero attached hydrogens (tertiary/aromatic N) is 1. The molecule has 1 amide bonds. The maximum Gasteiger partial charge on any atom is 0.251 e. The number of phenols is 1. The molecule has 158 valence electrons. The van der Waals surface area contributed by atoms with Crippen LogP contribution in [0.4, 0.5) is 0 Å². The van der Waals surface area contributed by atoms with E-state index in [9.17, 15) is 20.1 Å². The fraction of sp³-hybridized carbons (Fsp3) is 0.458. The molecule has 1 saturated carbocycles. The zero-order valence-corrected chi connectivity index (χ0v) is 17.1. The van der Waals surface area contributed by atoms with Gasteiger partial charge in [0.25, 0.3) is 5.91 Å². The maximum atomic E-state index is 12.7. The smallest absolute Gasteiger partial charge is 0.251 e. The molecule has 5 atom stereocenters. The number of carbonyl (C=O) groups is 1. The number of aliphatic hydroxyl groups excluding tert-OH is 1. The molecule has 6 nitrogen and oxygen atoms in total. The van der Waals surface area contributed by atoms with Crippen LogP contribution in [0.5, 0.6) is 5.75 Å². The molecule has 1 aliphatic heterocycles. The first-order valence-electron chi connectivity index (χ1n) is 10.6. The SMILES string of the molecule is CN1CC[C@]23C[C@@H](O)[C@@H](NC(=O)c4ccccc4)C[C@@]2(O)[C@H]1Cc1ccc(O)cc13. The van der Waals surface area contributed by atoms with Crippen LogP contribution in [0, 0.1) is 0 Å². The van der Waals surface area contributed by atoms with Crippen molar-refractivity contribution in [3.63, 3.8) is 0 Å². The number of aliphatic hydroxyl groups is 2. The number of piperidine rings is 1. The van der Waals surface area contributed by atoms with E-state index >= 15 is 0 Å². The predicted octanol–water partition coefficient (Wildman–Crippen LogP) is 1.57. The average molecular weight is 408 g/mol. The van der Waals surface area contributed by atoms with Gasteiger partial charge in [-0.1, -0.05) is 24.3 Å². The van der Waals surface area contributed by atoms with Crippen molar-refractivity contribution in [3.05, 3.63) is 65.2 Å². The Morgan fingerprint density at radius 2 is 1.93 bits per heavy atom. The highest BCUT2D eigenvalue weighted by Crippen LogP contribution is 2.58. The Morgan fingerprint density at radius 1 is 1.17 bits per heavy atom. The monoisotopic (exact) mass is 408 g/mol. The van der Waals surface area contributed by atoms with Crippen molar-refractivity contribution in [1.29, 1.82) is 0 Å². The summed E-state index contributed by atoms with van der Waals surface area (Å²) in [5.41, 5.74) is 0.862. The van der Waals surface area contributed by atoms with Crippen LogP contribution in [0.25, 0.3) is 0 Å². The molecule has 1 heterocycles. The Bertz CT molecular complexity index is 980. The van der Waals surface area contributed by atoms with E-state index in [1.54, 1.807) is 36.4 Å². The highest BCUT2D eigenvalue weighted by Gasteiger charge is 2.66. The Labute approximate surface area is 176 Å². The molecule has 4 N–H and O–H groups in total. The van der Waals surface area contributed by atoms with E-state index in [0.29, 0.717) is 24.8 Å². The first kappa shape index (κ1) is 19.5. The van der Waals surface area contributed by atoms with Gasteiger partial charge in [-0.3, -0.25) is 4.79 Å². The maximum absolute atomic E-state index is 12.7. The van der Waals surface area contributed by atoms with Crippen molar-refractivity contribution < 1.29 is 20.1 Å². The van der Waals surface area contributed by atoms with Gasteiger partial charge in [-0.25, -0.2) is 0 Å². The third kappa shape index (κ3) is 2.71. The van der Waals surface area contributed by atoms with Crippen LogP contribution in [0.3, 0.4) is 0 Å². The van der Waals surface area contributed by atoms with Gasteiger partial charge in [0.05, 0.1) is 17.7 Å². The van der Waals surface area contributed by atoms with Gasteiger partial charge in [0.15, 0.2) is 0 Å². The minimum absolute atomic E-state index is 0.105.